The van der Waals surface area contributed by atoms with Crippen molar-refractivity contribution >= 4 is 63.8 Å². The summed E-state index contributed by atoms with van der Waals surface area (Å²) in [4.78, 5) is 118. The van der Waals surface area contributed by atoms with Gasteiger partial charge in [0.15, 0.2) is 0 Å². The first kappa shape index (κ1) is 61.4. The number of hydrogen-bond donors (Lipinski definition) is 10. The molecule has 0 radical (unpaired) electrons. The van der Waals surface area contributed by atoms with Crippen molar-refractivity contribution in [3.05, 3.63) is 60.4 Å². The maximum absolute atomic E-state index is 14.1. The van der Waals surface area contributed by atoms with Crippen molar-refractivity contribution in [1.82, 2.24) is 41.9 Å². The third-order valence-electron chi connectivity index (χ3n) is 10.1. The Balaban J connectivity index is 3.67. The number of carbonyl (C=O) groups excluding carboxylic acids is 9. The van der Waals surface area contributed by atoms with Crippen LogP contribution in [0.2, 0.25) is 0 Å². The minimum Gasteiger partial charge on any atom is -0.460 e. The standard InChI is InChI=1S/C45H71N9O15S/c1-8-10-11-12-13-14-15-16-17-20-30(67-7)25-35-45(5,6)42(61)68-34(29(3)4)22-23-36(55)51-31(19-9-2)41(60)53-32(21-18-24-47-44(63)54-70(64,65)66)39(58)48-27-37(56)52-33(26-50-43(46)62)40(59)49-28-38(57)69-35/h12-13,15-17,19-20,22-23,29-30,32-35H,8-11,14,18,21,24-28H2,1-7H3,(H,48,58)(H,49,59)(H,51,55)(H,52,56)(H,53,60)(H3,46,50,62)(H2,47,54,63)(H,64,65,66). The van der Waals surface area contributed by atoms with Gasteiger partial charge in [0, 0.05) is 32.7 Å². The lowest BCUT2D eigenvalue weighted by atomic mass is 9.83. The number of urea groups is 2. The van der Waals surface area contributed by atoms with Crippen molar-refractivity contribution in [2.75, 3.05) is 33.3 Å². The van der Waals surface area contributed by atoms with Crippen molar-refractivity contribution in [2.45, 2.75) is 123 Å². The molecule has 9 amide bonds. The van der Waals surface area contributed by atoms with Crippen LogP contribution in [0.3, 0.4) is 0 Å². The van der Waals surface area contributed by atoms with E-state index in [1.54, 1.807) is 32.9 Å². The molecule has 0 aromatic heterocycles. The number of allylic oxidation sites excluding steroid dienone is 6. The third-order valence-corrected chi connectivity index (χ3v) is 10.5. The van der Waals surface area contributed by atoms with Crippen LogP contribution < -0.4 is 47.7 Å². The first-order valence-electron chi connectivity index (χ1n) is 22.8. The number of carbonyl (C=O) groups is 9. The summed E-state index contributed by atoms with van der Waals surface area (Å²) in [5.74, 6) is -7.02. The minimum absolute atomic E-state index is 0.0718. The summed E-state index contributed by atoms with van der Waals surface area (Å²) in [6, 6.07) is -5.41. The van der Waals surface area contributed by atoms with Crippen LogP contribution in [0.5, 0.6) is 0 Å². The molecule has 5 atom stereocenters. The highest BCUT2D eigenvalue weighted by Crippen LogP contribution is 2.31. The van der Waals surface area contributed by atoms with Gasteiger partial charge in [-0.3, -0.25) is 38.1 Å². The molecule has 0 aromatic rings. The Morgan fingerprint density at radius 2 is 1.63 bits per heavy atom. The van der Waals surface area contributed by atoms with Crippen LogP contribution in [0.25, 0.3) is 0 Å². The Bertz CT molecular complexity index is 2070. The van der Waals surface area contributed by atoms with Gasteiger partial charge in [0.05, 0.1) is 18.1 Å². The van der Waals surface area contributed by atoms with Gasteiger partial charge in [-0.2, -0.15) is 8.42 Å². The van der Waals surface area contributed by atoms with Crippen LogP contribution >= 0.6 is 0 Å². The van der Waals surface area contributed by atoms with Gasteiger partial charge < -0.3 is 57.2 Å². The molecule has 0 bridgehead atoms. The number of cyclic esters (lactones) is 2. The lowest BCUT2D eigenvalue weighted by Crippen LogP contribution is -2.56. The fourth-order valence-corrected chi connectivity index (χ4v) is 6.38. The summed E-state index contributed by atoms with van der Waals surface area (Å²) in [6.07, 6.45) is 15.8. The molecule has 1 rings (SSSR count). The zero-order chi connectivity index (χ0) is 52.9. The minimum atomic E-state index is -4.88. The first-order valence-corrected chi connectivity index (χ1v) is 24.2. The van der Waals surface area contributed by atoms with E-state index in [0.717, 1.165) is 25.3 Å². The number of rotatable bonds is 19. The Morgan fingerprint density at radius 3 is 2.26 bits per heavy atom. The molecule has 0 aliphatic carbocycles. The molecule has 0 saturated carbocycles. The van der Waals surface area contributed by atoms with Gasteiger partial charge in [-0.05, 0) is 57.9 Å². The van der Waals surface area contributed by atoms with E-state index in [2.05, 4.69) is 56.3 Å². The molecule has 70 heavy (non-hydrogen) atoms. The molecule has 0 saturated heterocycles. The summed E-state index contributed by atoms with van der Waals surface area (Å²) >= 11 is 0. The zero-order valence-electron chi connectivity index (χ0n) is 40.8. The van der Waals surface area contributed by atoms with E-state index in [1.165, 1.54) is 37.8 Å². The van der Waals surface area contributed by atoms with Crippen LogP contribution in [0, 0.1) is 11.3 Å². The predicted molar refractivity (Wildman–Crippen MR) is 256 cm³/mol. The second-order valence-corrected chi connectivity index (χ2v) is 17.8. The monoisotopic (exact) mass is 1010 g/mol. The Labute approximate surface area is 409 Å². The van der Waals surface area contributed by atoms with E-state index in [0.29, 0.717) is 6.42 Å². The highest BCUT2D eigenvalue weighted by atomic mass is 32.2. The summed E-state index contributed by atoms with van der Waals surface area (Å²) in [5, 5.41) is 16.1. The maximum Gasteiger partial charge on any atom is 0.361 e. The number of primary amides is 1. The van der Waals surface area contributed by atoms with Crippen LogP contribution in [-0.4, -0.2) is 130 Å². The normalized spacial score (nSPS) is 21.8. The van der Waals surface area contributed by atoms with E-state index in [9.17, 15) is 51.6 Å². The van der Waals surface area contributed by atoms with Crippen LogP contribution in [0.4, 0.5) is 9.59 Å². The van der Waals surface area contributed by atoms with Crippen molar-refractivity contribution in [1.29, 1.82) is 0 Å². The van der Waals surface area contributed by atoms with Crippen molar-refractivity contribution in [2.24, 2.45) is 17.1 Å². The largest absolute Gasteiger partial charge is 0.460 e. The number of nitrogens with one attached hydrogen (secondary N) is 8. The van der Waals surface area contributed by atoms with Gasteiger partial charge in [-0.25, -0.2) is 14.3 Å². The molecular weight excluding hydrogens is 939 g/mol. The highest BCUT2D eigenvalue weighted by Gasteiger charge is 2.43. The number of esters is 2. The molecular formula is C45H71N9O15S. The lowest BCUT2D eigenvalue weighted by Gasteiger charge is -2.34. The Hall–Kier alpha value is -6.60. The fraction of sp³-hybridized carbons (Fsp3) is 0.578. The molecule has 24 nitrogen and oxygen atoms in total. The molecule has 11 N–H and O–H groups in total. The van der Waals surface area contributed by atoms with E-state index < -0.39 is 125 Å². The van der Waals surface area contributed by atoms with E-state index in [1.807, 2.05) is 12.2 Å². The molecule has 0 aromatic carbocycles. The van der Waals surface area contributed by atoms with Crippen LogP contribution in [0.1, 0.15) is 92.9 Å². The van der Waals surface area contributed by atoms with E-state index >= 15 is 0 Å². The number of ether oxygens (including phenoxy) is 3. The Kier molecular flexibility index (Phi) is 28.3. The number of unbranched alkanes of at least 4 members (excludes halogenated alkanes) is 2. The van der Waals surface area contributed by atoms with Gasteiger partial charge in [0.25, 0.3) is 5.91 Å². The van der Waals surface area contributed by atoms with Crippen molar-refractivity contribution in [3.63, 3.8) is 0 Å². The SMILES string of the molecule is CCC=C1NC(=O)C=CC(C(C)C)OC(=O)C(C)(C)C(CC(C=CC=CCC=CCCCC)OC)OC(=O)CNC(=O)C(CNC(N)=O)NC(=O)CNC(=O)C(CCCNC(=O)NS(=O)(=O)O)NC1=O. The van der Waals surface area contributed by atoms with Gasteiger partial charge >= 0.3 is 34.3 Å². The van der Waals surface area contributed by atoms with Gasteiger partial charge in [-0.1, -0.05) is 83.1 Å². The lowest BCUT2D eigenvalue weighted by molar-refractivity contribution is -0.175. The number of amides is 9. The van der Waals surface area contributed by atoms with Crippen molar-refractivity contribution in [3.8, 4) is 0 Å². The molecule has 5 unspecified atom stereocenters. The molecule has 25 heteroatoms. The molecule has 0 spiro atoms. The van der Waals surface area contributed by atoms with Gasteiger partial charge in [0.2, 0.25) is 23.6 Å². The first-order chi connectivity index (χ1) is 32.9. The number of nitrogens with two attached hydrogens (primary N) is 1. The summed E-state index contributed by atoms with van der Waals surface area (Å²) in [7, 11) is -3.45. The molecule has 1 heterocycles. The van der Waals surface area contributed by atoms with E-state index in [4.69, 9.17) is 24.5 Å². The summed E-state index contributed by atoms with van der Waals surface area (Å²) in [5.41, 5.74) is 3.31. The van der Waals surface area contributed by atoms with Crippen molar-refractivity contribution < 1.29 is 70.3 Å². The van der Waals surface area contributed by atoms with Gasteiger partial charge in [-0.15, -0.1) is 0 Å². The maximum atomic E-state index is 14.1. The van der Waals surface area contributed by atoms with E-state index in [-0.39, 0.29) is 37.9 Å². The quantitative estimate of drug-likeness (QED) is 0.0214. The molecule has 392 valence electrons. The number of methoxy groups -OCH3 is 1. The molecule has 1 aliphatic heterocycles. The fourth-order valence-electron chi connectivity index (χ4n) is 6.08. The molecule has 0 fully saturated rings. The average molecular weight is 1010 g/mol. The zero-order valence-corrected chi connectivity index (χ0v) is 41.6. The second kappa shape index (κ2) is 32.3. The van der Waals surface area contributed by atoms with Crippen LogP contribution in [0.15, 0.2) is 60.4 Å². The van der Waals surface area contributed by atoms with Gasteiger partial charge in [0.1, 0.15) is 36.5 Å². The smallest absolute Gasteiger partial charge is 0.361 e. The highest BCUT2D eigenvalue weighted by molar-refractivity contribution is 7.84. The Morgan fingerprint density at radius 1 is 0.943 bits per heavy atom. The second-order valence-electron chi connectivity index (χ2n) is 16.7. The summed E-state index contributed by atoms with van der Waals surface area (Å²) in [6.45, 7) is 7.71. The summed E-state index contributed by atoms with van der Waals surface area (Å²) < 4.78 is 49.5. The third kappa shape index (κ3) is 25.7. The topological polar surface area (TPSA) is 358 Å². The number of hydrogen-bond acceptors (Lipinski definition) is 14. The average Bonchev–Trinajstić information content (AvgIpc) is 3.28. The molecule has 1 aliphatic rings. The predicted octanol–water partition coefficient (Wildman–Crippen LogP) is 0.879. The van der Waals surface area contributed by atoms with Crippen LogP contribution in [-0.2, 0) is 58.1 Å².